The number of carboxylic acid groups (broad SMARTS) is 1. The summed E-state index contributed by atoms with van der Waals surface area (Å²) in [7, 11) is 0. The minimum atomic E-state index is -1.26. The molecule has 0 saturated heterocycles. The van der Waals surface area contributed by atoms with Crippen molar-refractivity contribution >= 4 is 53.8 Å². The highest BCUT2D eigenvalue weighted by molar-refractivity contribution is 9.11. The van der Waals surface area contributed by atoms with Crippen LogP contribution in [-0.4, -0.2) is 21.3 Å². The number of benzene rings is 1. The first-order valence-electron chi connectivity index (χ1n) is 3.19. The average Bonchev–Trinajstić information content (AvgIpc) is 2.11. The van der Waals surface area contributed by atoms with Gasteiger partial charge in [0.2, 0.25) is 0 Å². The molecule has 1 rings (SSSR count). The maximum absolute atomic E-state index is 10.8. The standard InChI is InChI=1S/C7H3Br3O4/c8-2-1(7(13)14)3(9)6(12)4(10)5(2)11/h11-12H,(H,13,14). The molecular weight excluding hydrogens is 388 g/mol. The van der Waals surface area contributed by atoms with Crippen LogP contribution in [0.1, 0.15) is 10.4 Å². The molecule has 1 aromatic carbocycles. The van der Waals surface area contributed by atoms with E-state index in [0.717, 1.165) is 0 Å². The smallest absolute Gasteiger partial charge is 0.338 e. The normalized spacial score (nSPS) is 10.2. The highest BCUT2D eigenvalue weighted by Crippen LogP contribution is 2.46. The first kappa shape index (κ1) is 11.8. The molecule has 7 heteroatoms. The van der Waals surface area contributed by atoms with Gasteiger partial charge in [0.05, 0.1) is 14.5 Å². The number of aromatic hydroxyl groups is 2. The lowest BCUT2D eigenvalue weighted by atomic mass is 10.2. The van der Waals surface area contributed by atoms with Gasteiger partial charge in [0.25, 0.3) is 0 Å². The van der Waals surface area contributed by atoms with Gasteiger partial charge in [-0.3, -0.25) is 0 Å². The second-order valence-electron chi connectivity index (χ2n) is 2.32. The predicted molar refractivity (Wildman–Crippen MR) is 59.8 cm³/mol. The second kappa shape index (κ2) is 4.08. The molecule has 76 valence electrons. The van der Waals surface area contributed by atoms with Crippen LogP contribution in [-0.2, 0) is 0 Å². The van der Waals surface area contributed by atoms with Gasteiger partial charge in [-0.05, 0) is 47.8 Å². The van der Waals surface area contributed by atoms with Crippen molar-refractivity contribution < 1.29 is 20.1 Å². The van der Waals surface area contributed by atoms with Gasteiger partial charge in [0.15, 0.2) is 0 Å². The van der Waals surface area contributed by atoms with Crippen molar-refractivity contribution in [3.8, 4) is 11.5 Å². The first-order valence-corrected chi connectivity index (χ1v) is 5.57. The summed E-state index contributed by atoms with van der Waals surface area (Å²) in [5.41, 5.74) is -0.233. The molecule has 0 aliphatic heterocycles. The molecule has 0 bridgehead atoms. The molecule has 4 nitrogen and oxygen atoms in total. The zero-order valence-electron chi connectivity index (χ0n) is 6.38. The number of phenolic OH excluding ortho intramolecular Hbond substituents is 2. The summed E-state index contributed by atoms with van der Waals surface area (Å²) >= 11 is 8.74. The highest BCUT2D eigenvalue weighted by Gasteiger charge is 2.23. The Morgan fingerprint density at radius 3 is 1.57 bits per heavy atom. The van der Waals surface area contributed by atoms with Gasteiger partial charge >= 0.3 is 5.97 Å². The zero-order valence-corrected chi connectivity index (χ0v) is 11.1. The van der Waals surface area contributed by atoms with E-state index in [4.69, 9.17) is 5.11 Å². The first-order chi connectivity index (χ1) is 6.37. The van der Waals surface area contributed by atoms with Crippen LogP contribution in [0.3, 0.4) is 0 Å². The van der Waals surface area contributed by atoms with Crippen LogP contribution in [0.15, 0.2) is 13.4 Å². The number of phenols is 2. The lowest BCUT2D eigenvalue weighted by Gasteiger charge is -2.09. The minimum absolute atomic E-state index is 0.00144. The lowest BCUT2D eigenvalue weighted by molar-refractivity contribution is 0.0693. The monoisotopic (exact) mass is 388 g/mol. The summed E-state index contributed by atoms with van der Waals surface area (Å²) in [5.74, 6) is -1.98. The van der Waals surface area contributed by atoms with Gasteiger partial charge in [0, 0.05) is 0 Å². The maximum Gasteiger partial charge on any atom is 0.338 e. The summed E-state index contributed by atoms with van der Waals surface area (Å²) in [4.78, 5) is 10.8. The van der Waals surface area contributed by atoms with Crippen molar-refractivity contribution in [3.05, 3.63) is 19.0 Å². The third-order valence-corrected chi connectivity index (χ3v) is 3.78. The van der Waals surface area contributed by atoms with Crippen molar-refractivity contribution in [2.45, 2.75) is 0 Å². The summed E-state index contributed by atoms with van der Waals surface area (Å²) in [5, 5.41) is 27.6. The van der Waals surface area contributed by atoms with E-state index >= 15 is 0 Å². The van der Waals surface area contributed by atoms with Crippen LogP contribution in [0, 0.1) is 0 Å². The van der Waals surface area contributed by atoms with E-state index in [9.17, 15) is 15.0 Å². The van der Waals surface area contributed by atoms with E-state index in [1.165, 1.54) is 0 Å². The second-order valence-corrected chi connectivity index (χ2v) is 4.70. The van der Waals surface area contributed by atoms with Gasteiger partial charge in [-0.2, -0.15) is 0 Å². The van der Waals surface area contributed by atoms with Gasteiger partial charge in [-0.15, -0.1) is 0 Å². The Labute approximate surface area is 104 Å². The number of hydrogen-bond acceptors (Lipinski definition) is 3. The lowest BCUT2D eigenvalue weighted by Crippen LogP contribution is -2.00. The molecule has 0 saturated carbocycles. The minimum Gasteiger partial charge on any atom is -0.505 e. The molecule has 0 spiro atoms. The zero-order chi connectivity index (χ0) is 11.0. The van der Waals surface area contributed by atoms with Crippen LogP contribution in [0.25, 0.3) is 0 Å². The quantitative estimate of drug-likeness (QED) is 0.688. The molecular formula is C7H3Br3O4. The van der Waals surface area contributed by atoms with E-state index in [1.54, 1.807) is 0 Å². The molecule has 0 atom stereocenters. The van der Waals surface area contributed by atoms with Crippen molar-refractivity contribution in [2.24, 2.45) is 0 Å². The Kier molecular flexibility index (Phi) is 3.44. The Hall–Kier alpha value is -0.270. The van der Waals surface area contributed by atoms with Crippen molar-refractivity contribution in [1.29, 1.82) is 0 Å². The number of halogens is 3. The average molecular weight is 391 g/mol. The number of hydrogen-bond donors (Lipinski definition) is 3. The molecule has 0 aliphatic carbocycles. The summed E-state index contributed by atoms with van der Waals surface area (Å²) in [6.45, 7) is 0. The van der Waals surface area contributed by atoms with E-state index < -0.39 is 5.97 Å². The molecule has 0 aromatic heterocycles. The Bertz CT molecular complexity index is 387. The van der Waals surface area contributed by atoms with Crippen LogP contribution in [0.4, 0.5) is 0 Å². The number of carbonyl (C=O) groups is 1. The van der Waals surface area contributed by atoms with Gasteiger partial charge in [-0.1, -0.05) is 0 Å². The Morgan fingerprint density at radius 1 is 0.929 bits per heavy atom. The maximum atomic E-state index is 10.8. The fourth-order valence-corrected chi connectivity index (χ4v) is 3.15. The molecule has 0 radical (unpaired) electrons. The van der Waals surface area contributed by atoms with E-state index in [0.29, 0.717) is 0 Å². The van der Waals surface area contributed by atoms with Crippen LogP contribution < -0.4 is 0 Å². The van der Waals surface area contributed by atoms with Crippen LogP contribution >= 0.6 is 47.8 Å². The Balaban J connectivity index is 3.68. The number of rotatable bonds is 1. The third-order valence-electron chi connectivity index (χ3n) is 1.48. The summed E-state index contributed by atoms with van der Waals surface area (Å²) in [6.07, 6.45) is 0. The summed E-state index contributed by atoms with van der Waals surface area (Å²) in [6, 6.07) is 0. The predicted octanol–water partition coefficient (Wildman–Crippen LogP) is 3.08. The number of carboxylic acids is 1. The topological polar surface area (TPSA) is 77.8 Å². The van der Waals surface area contributed by atoms with E-state index in [-0.39, 0.29) is 30.5 Å². The van der Waals surface area contributed by atoms with Crippen molar-refractivity contribution in [3.63, 3.8) is 0 Å². The third kappa shape index (κ3) is 1.76. The molecule has 0 aliphatic rings. The van der Waals surface area contributed by atoms with Crippen molar-refractivity contribution in [1.82, 2.24) is 0 Å². The SMILES string of the molecule is O=C(O)c1c(Br)c(O)c(Br)c(O)c1Br. The fraction of sp³-hybridized carbons (Fsp3) is 0. The molecule has 1 aromatic rings. The highest BCUT2D eigenvalue weighted by atomic mass is 79.9. The largest absolute Gasteiger partial charge is 0.505 e. The van der Waals surface area contributed by atoms with Crippen molar-refractivity contribution in [2.75, 3.05) is 0 Å². The number of aromatic carboxylic acids is 1. The molecule has 14 heavy (non-hydrogen) atoms. The molecule has 0 unspecified atom stereocenters. The summed E-state index contributed by atoms with van der Waals surface area (Å²) < 4.78 is 0.0318. The molecule has 0 amide bonds. The van der Waals surface area contributed by atoms with Gasteiger partial charge < -0.3 is 15.3 Å². The fourth-order valence-electron chi connectivity index (χ4n) is 0.826. The van der Waals surface area contributed by atoms with Gasteiger partial charge in [-0.25, -0.2) is 4.79 Å². The van der Waals surface area contributed by atoms with Gasteiger partial charge in [0.1, 0.15) is 16.0 Å². The van der Waals surface area contributed by atoms with Crippen LogP contribution in [0.2, 0.25) is 0 Å². The Morgan fingerprint density at radius 2 is 1.29 bits per heavy atom. The molecule has 0 heterocycles. The molecule has 0 fully saturated rings. The van der Waals surface area contributed by atoms with E-state index in [1.807, 2.05) is 0 Å². The van der Waals surface area contributed by atoms with Crippen LogP contribution in [0.5, 0.6) is 11.5 Å². The molecule has 3 N–H and O–H groups in total. The van der Waals surface area contributed by atoms with E-state index in [2.05, 4.69) is 47.8 Å².